The van der Waals surface area contributed by atoms with Gasteiger partial charge in [0.2, 0.25) is 0 Å². The van der Waals surface area contributed by atoms with Crippen LogP contribution < -0.4 is 0 Å². The maximum Gasteiger partial charge on any atom is 0.0953 e. The molecular weight excluding hydrogens is 275 g/mol. The Bertz CT molecular complexity index is 436. The van der Waals surface area contributed by atoms with Crippen molar-refractivity contribution in [2.75, 3.05) is 0 Å². The van der Waals surface area contributed by atoms with Crippen molar-refractivity contribution >= 4 is 27.5 Å². The highest BCUT2D eigenvalue weighted by atomic mass is 79.9. The van der Waals surface area contributed by atoms with Gasteiger partial charge in [0.25, 0.3) is 0 Å². The Balaban J connectivity index is 2.11. The van der Waals surface area contributed by atoms with Crippen molar-refractivity contribution in [3.8, 4) is 0 Å². The van der Waals surface area contributed by atoms with Crippen LogP contribution in [0.3, 0.4) is 0 Å². The van der Waals surface area contributed by atoms with Gasteiger partial charge in [0.1, 0.15) is 0 Å². The molecule has 0 aliphatic carbocycles. The van der Waals surface area contributed by atoms with Gasteiger partial charge in [-0.1, -0.05) is 28.1 Å². The molecule has 0 radical (unpaired) electrons. The number of aromatic nitrogens is 2. The SMILES string of the molecule is ClCc1cn(Cc2ccc(Br)cc2)cn1. The van der Waals surface area contributed by atoms with E-state index in [0.717, 1.165) is 16.7 Å². The van der Waals surface area contributed by atoms with Gasteiger partial charge in [-0.05, 0) is 17.7 Å². The predicted octanol–water partition coefficient (Wildman–Crippen LogP) is 3.43. The first-order valence-electron chi connectivity index (χ1n) is 4.59. The Kier molecular flexibility index (Phi) is 3.44. The van der Waals surface area contributed by atoms with E-state index in [1.807, 2.05) is 22.9 Å². The van der Waals surface area contributed by atoms with Crippen molar-refractivity contribution in [2.45, 2.75) is 12.4 Å². The molecule has 0 bridgehead atoms. The van der Waals surface area contributed by atoms with Crippen LogP contribution >= 0.6 is 27.5 Å². The third kappa shape index (κ3) is 2.83. The third-order valence-electron chi connectivity index (χ3n) is 2.10. The smallest absolute Gasteiger partial charge is 0.0953 e. The highest BCUT2D eigenvalue weighted by Gasteiger charge is 1.98. The summed E-state index contributed by atoms with van der Waals surface area (Å²) in [6.45, 7) is 0.831. The largest absolute Gasteiger partial charge is 0.333 e. The second-order valence-corrected chi connectivity index (χ2v) is 4.48. The van der Waals surface area contributed by atoms with Gasteiger partial charge in [-0.3, -0.25) is 0 Å². The average Bonchev–Trinajstić information content (AvgIpc) is 2.69. The number of hydrogen-bond donors (Lipinski definition) is 0. The number of alkyl halides is 1. The fraction of sp³-hybridized carbons (Fsp3) is 0.182. The van der Waals surface area contributed by atoms with Crippen LogP contribution in [-0.4, -0.2) is 9.55 Å². The zero-order valence-corrected chi connectivity index (χ0v) is 10.4. The van der Waals surface area contributed by atoms with E-state index < -0.39 is 0 Å². The van der Waals surface area contributed by atoms with Gasteiger partial charge in [-0.15, -0.1) is 11.6 Å². The zero-order chi connectivity index (χ0) is 10.7. The third-order valence-corrected chi connectivity index (χ3v) is 2.90. The molecule has 15 heavy (non-hydrogen) atoms. The Morgan fingerprint density at radius 3 is 2.60 bits per heavy atom. The zero-order valence-electron chi connectivity index (χ0n) is 8.03. The Morgan fingerprint density at radius 2 is 2.00 bits per heavy atom. The molecule has 0 saturated carbocycles. The monoisotopic (exact) mass is 284 g/mol. The molecule has 1 aromatic heterocycles. The summed E-state index contributed by atoms with van der Waals surface area (Å²) in [5, 5.41) is 0. The quantitative estimate of drug-likeness (QED) is 0.790. The lowest BCUT2D eigenvalue weighted by atomic mass is 10.2. The lowest BCUT2D eigenvalue weighted by Gasteiger charge is -2.01. The second kappa shape index (κ2) is 4.81. The summed E-state index contributed by atoms with van der Waals surface area (Å²) in [6, 6.07) is 8.25. The molecule has 0 aliphatic rings. The molecule has 0 aliphatic heterocycles. The van der Waals surface area contributed by atoms with Crippen LogP contribution in [0, 0.1) is 0 Å². The molecule has 0 atom stereocenters. The molecule has 78 valence electrons. The predicted molar refractivity (Wildman–Crippen MR) is 65.0 cm³/mol. The Hall–Kier alpha value is -0.800. The van der Waals surface area contributed by atoms with E-state index in [4.69, 9.17) is 11.6 Å². The minimum Gasteiger partial charge on any atom is -0.333 e. The van der Waals surface area contributed by atoms with Gasteiger partial charge in [-0.25, -0.2) is 4.98 Å². The van der Waals surface area contributed by atoms with Crippen LogP contribution in [0.25, 0.3) is 0 Å². The molecule has 2 nitrogen and oxygen atoms in total. The highest BCUT2D eigenvalue weighted by Crippen LogP contribution is 2.12. The number of hydrogen-bond acceptors (Lipinski definition) is 1. The highest BCUT2D eigenvalue weighted by molar-refractivity contribution is 9.10. The van der Waals surface area contributed by atoms with Gasteiger partial charge in [0, 0.05) is 17.2 Å². The summed E-state index contributed by atoms with van der Waals surface area (Å²) in [5.74, 6) is 0.466. The molecule has 0 N–H and O–H groups in total. The van der Waals surface area contributed by atoms with Gasteiger partial charge >= 0.3 is 0 Å². The molecule has 0 saturated heterocycles. The average molecular weight is 286 g/mol. The van der Waals surface area contributed by atoms with Crippen LogP contribution in [0.2, 0.25) is 0 Å². The van der Waals surface area contributed by atoms with E-state index in [1.165, 1.54) is 5.56 Å². The number of benzene rings is 1. The van der Waals surface area contributed by atoms with Gasteiger partial charge in [0.05, 0.1) is 17.9 Å². The lowest BCUT2D eigenvalue weighted by Crippen LogP contribution is -1.95. The van der Waals surface area contributed by atoms with E-state index in [2.05, 4.69) is 33.0 Å². The van der Waals surface area contributed by atoms with Gasteiger partial charge < -0.3 is 4.57 Å². The fourth-order valence-electron chi connectivity index (χ4n) is 1.36. The van der Waals surface area contributed by atoms with Gasteiger partial charge in [-0.2, -0.15) is 0 Å². The molecule has 1 heterocycles. The maximum atomic E-state index is 5.68. The van der Waals surface area contributed by atoms with Crippen LogP contribution in [0.5, 0.6) is 0 Å². The van der Waals surface area contributed by atoms with Crippen molar-refractivity contribution in [1.82, 2.24) is 9.55 Å². The fourth-order valence-corrected chi connectivity index (χ4v) is 1.76. The number of nitrogens with zero attached hydrogens (tertiary/aromatic N) is 2. The summed E-state index contributed by atoms with van der Waals surface area (Å²) in [5.41, 5.74) is 2.16. The summed E-state index contributed by atoms with van der Waals surface area (Å²) in [4.78, 5) is 4.17. The first kappa shape index (κ1) is 10.7. The molecule has 4 heteroatoms. The normalized spacial score (nSPS) is 10.5. The number of halogens is 2. The molecule has 0 spiro atoms. The molecule has 1 aromatic carbocycles. The lowest BCUT2D eigenvalue weighted by molar-refractivity contribution is 0.796. The standard InChI is InChI=1S/C11H10BrClN2/c12-10-3-1-9(2-4-10)6-15-7-11(5-13)14-8-15/h1-4,7-8H,5-6H2. The minimum absolute atomic E-state index is 0.466. The minimum atomic E-state index is 0.466. The Labute approximate surface area is 102 Å². The van der Waals surface area contributed by atoms with E-state index in [1.54, 1.807) is 6.33 Å². The molecular formula is C11H10BrClN2. The van der Waals surface area contributed by atoms with Crippen LogP contribution in [-0.2, 0) is 12.4 Å². The number of rotatable bonds is 3. The van der Waals surface area contributed by atoms with Gasteiger partial charge in [0.15, 0.2) is 0 Å². The number of imidazole rings is 1. The van der Waals surface area contributed by atoms with Crippen molar-refractivity contribution in [3.63, 3.8) is 0 Å². The van der Waals surface area contributed by atoms with E-state index in [-0.39, 0.29) is 0 Å². The summed E-state index contributed by atoms with van der Waals surface area (Å²) in [7, 11) is 0. The van der Waals surface area contributed by atoms with Crippen LogP contribution in [0.15, 0.2) is 41.3 Å². The van der Waals surface area contributed by atoms with E-state index >= 15 is 0 Å². The summed E-state index contributed by atoms with van der Waals surface area (Å²) < 4.78 is 3.12. The van der Waals surface area contributed by atoms with Crippen molar-refractivity contribution in [3.05, 3.63) is 52.5 Å². The van der Waals surface area contributed by atoms with E-state index in [0.29, 0.717) is 5.88 Å². The first-order chi connectivity index (χ1) is 7.28. The molecule has 0 unspecified atom stereocenters. The Morgan fingerprint density at radius 1 is 1.27 bits per heavy atom. The van der Waals surface area contributed by atoms with Crippen molar-refractivity contribution in [2.24, 2.45) is 0 Å². The molecule has 2 rings (SSSR count). The van der Waals surface area contributed by atoms with E-state index in [9.17, 15) is 0 Å². The second-order valence-electron chi connectivity index (χ2n) is 3.30. The topological polar surface area (TPSA) is 17.8 Å². The van der Waals surface area contributed by atoms with Crippen LogP contribution in [0.4, 0.5) is 0 Å². The molecule has 0 fully saturated rings. The molecule has 0 amide bonds. The first-order valence-corrected chi connectivity index (χ1v) is 5.92. The van der Waals surface area contributed by atoms with Crippen LogP contribution in [0.1, 0.15) is 11.3 Å². The maximum absolute atomic E-state index is 5.68. The summed E-state index contributed by atoms with van der Waals surface area (Å²) >= 11 is 9.09. The van der Waals surface area contributed by atoms with Crippen molar-refractivity contribution < 1.29 is 0 Å². The summed E-state index contributed by atoms with van der Waals surface area (Å²) in [6.07, 6.45) is 3.77. The molecule has 2 aromatic rings. The van der Waals surface area contributed by atoms with Crippen molar-refractivity contribution in [1.29, 1.82) is 0 Å².